The van der Waals surface area contributed by atoms with Crippen molar-refractivity contribution in [2.75, 3.05) is 0 Å². The quantitative estimate of drug-likeness (QED) is 0.561. The summed E-state index contributed by atoms with van der Waals surface area (Å²) in [5.74, 6) is 0. The Labute approximate surface area is 129 Å². The molecule has 0 aliphatic heterocycles. The van der Waals surface area contributed by atoms with Gasteiger partial charge in [-0.2, -0.15) is 0 Å². The second-order valence-electron chi connectivity index (χ2n) is 4.06. The van der Waals surface area contributed by atoms with Gasteiger partial charge >= 0.3 is 0 Å². The van der Waals surface area contributed by atoms with Crippen LogP contribution in [0.4, 0.5) is 0 Å². The van der Waals surface area contributed by atoms with Crippen molar-refractivity contribution in [3.05, 3.63) is 63.4 Å². The van der Waals surface area contributed by atoms with E-state index in [1.54, 1.807) is 11.3 Å². The molecule has 19 heavy (non-hydrogen) atoms. The summed E-state index contributed by atoms with van der Waals surface area (Å²) in [4.78, 5) is 4.68. The number of nitrogens with zero attached hydrogens (tertiary/aromatic N) is 1. The minimum Gasteiger partial charge on any atom is -0.236 e. The summed E-state index contributed by atoms with van der Waals surface area (Å²) in [6, 6.07) is 15.9. The molecule has 2 aromatic carbocycles. The number of aromatic nitrogens is 1. The SMILES string of the molecule is Clc1ccc(-c2csc(-c3cccc(Br)c3)n2)cc1. The molecule has 0 spiro atoms. The highest BCUT2D eigenvalue weighted by molar-refractivity contribution is 9.10. The smallest absolute Gasteiger partial charge is 0.124 e. The van der Waals surface area contributed by atoms with Gasteiger partial charge in [-0.05, 0) is 24.3 Å². The van der Waals surface area contributed by atoms with Crippen LogP contribution in [0.3, 0.4) is 0 Å². The third-order valence-electron chi connectivity index (χ3n) is 2.72. The van der Waals surface area contributed by atoms with Crippen molar-refractivity contribution >= 4 is 38.9 Å². The van der Waals surface area contributed by atoms with Crippen LogP contribution in [0.15, 0.2) is 58.4 Å². The molecular formula is C15H9BrClNS. The number of thiazole rings is 1. The predicted molar refractivity (Wildman–Crippen MR) is 85.7 cm³/mol. The van der Waals surface area contributed by atoms with Crippen molar-refractivity contribution in [1.29, 1.82) is 0 Å². The van der Waals surface area contributed by atoms with Gasteiger partial charge in [-0.3, -0.25) is 0 Å². The van der Waals surface area contributed by atoms with Gasteiger partial charge in [-0.25, -0.2) is 4.98 Å². The van der Waals surface area contributed by atoms with Gasteiger partial charge in [-0.1, -0.05) is 51.8 Å². The molecule has 94 valence electrons. The van der Waals surface area contributed by atoms with Crippen molar-refractivity contribution in [3.63, 3.8) is 0 Å². The Balaban J connectivity index is 1.97. The van der Waals surface area contributed by atoms with Gasteiger partial charge in [0.15, 0.2) is 0 Å². The molecule has 0 aliphatic rings. The fraction of sp³-hybridized carbons (Fsp3) is 0. The van der Waals surface area contributed by atoms with E-state index in [1.807, 2.05) is 36.4 Å². The second kappa shape index (κ2) is 5.45. The molecule has 0 aliphatic carbocycles. The van der Waals surface area contributed by atoms with Gasteiger partial charge in [0.05, 0.1) is 5.69 Å². The number of benzene rings is 2. The number of halogens is 2. The van der Waals surface area contributed by atoms with Crippen LogP contribution in [0.5, 0.6) is 0 Å². The van der Waals surface area contributed by atoms with E-state index < -0.39 is 0 Å². The Hall–Kier alpha value is -1.16. The second-order valence-corrected chi connectivity index (χ2v) is 6.27. The Morgan fingerprint density at radius 2 is 1.79 bits per heavy atom. The van der Waals surface area contributed by atoms with E-state index in [0.29, 0.717) is 0 Å². The van der Waals surface area contributed by atoms with Crippen molar-refractivity contribution in [1.82, 2.24) is 4.98 Å². The summed E-state index contributed by atoms with van der Waals surface area (Å²) in [7, 11) is 0. The Morgan fingerprint density at radius 3 is 2.53 bits per heavy atom. The van der Waals surface area contributed by atoms with Crippen LogP contribution >= 0.6 is 38.9 Å². The zero-order valence-electron chi connectivity index (χ0n) is 9.81. The van der Waals surface area contributed by atoms with Crippen LogP contribution < -0.4 is 0 Å². The van der Waals surface area contributed by atoms with E-state index in [9.17, 15) is 0 Å². The standard InChI is InChI=1S/C15H9BrClNS/c16-12-3-1-2-11(8-12)15-18-14(9-19-15)10-4-6-13(17)7-5-10/h1-9H. The average Bonchev–Trinajstić information content (AvgIpc) is 2.89. The third kappa shape index (κ3) is 2.89. The fourth-order valence-corrected chi connectivity index (χ4v) is 3.13. The van der Waals surface area contributed by atoms with Crippen LogP contribution in [0.1, 0.15) is 0 Å². The molecular weight excluding hydrogens is 342 g/mol. The first-order valence-electron chi connectivity index (χ1n) is 5.70. The van der Waals surface area contributed by atoms with E-state index >= 15 is 0 Å². The maximum Gasteiger partial charge on any atom is 0.124 e. The highest BCUT2D eigenvalue weighted by Gasteiger charge is 2.06. The lowest BCUT2D eigenvalue weighted by atomic mass is 10.2. The molecule has 0 bridgehead atoms. The van der Waals surface area contributed by atoms with Crippen LogP contribution in [0.25, 0.3) is 21.8 Å². The van der Waals surface area contributed by atoms with Gasteiger partial charge < -0.3 is 0 Å². The normalized spacial score (nSPS) is 10.6. The molecule has 0 radical (unpaired) electrons. The first kappa shape index (κ1) is 12.9. The highest BCUT2D eigenvalue weighted by Crippen LogP contribution is 2.30. The number of rotatable bonds is 2. The zero-order chi connectivity index (χ0) is 13.2. The summed E-state index contributed by atoms with van der Waals surface area (Å²) in [6.45, 7) is 0. The van der Waals surface area contributed by atoms with Crippen LogP contribution in [-0.2, 0) is 0 Å². The first-order valence-corrected chi connectivity index (χ1v) is 7.75. The van der Waals surface area contributed by atoms with E-state index in [-0.39, 0.29) is 0 Å². The molecule has 0 atom stereocenters. The summed E-state index contributed by atoms with van der Waals surface area (Å²) in [6.07, 6.45) is 0. The van der Waals surface area contributed by atoms with E-state index in [2.05, 4.69) is 38.4 Å². The monoisotopic (exact) mass is 349 g/mol. The first-order chi connectivity index (χ1) is 9.22. The van der Waals surface area contributed by atoms with Crippen LogP contribution in [-0.4, -0.2) is 4.98 Å². The molecule has 1 aromatic heterocycles. The van der Waals surface area contributed by atoms with Crippen molar-refractivity contribution in [2.24, 2.45) is 0 Å². The largest absolute Gasteiger partial charge is 0.236 e. The minimum absolute atomic E-state index is 0.742. The number of hydrogen-bond acceptors (Lipinski definition) is 2. The number of hydrogen-bond donors (Lipinski definition) is 0. The van der Waals surface area contributed by atoms with Gasteiger partial charge in [0, 0.05) is 26.0 Å². The fourth-order valence-electron chi connectivity index (χ4n) is 1.78. The molecule has 1 nitrogen and oxygen atoms in total. The van der Waals surface area contributed by atoms with Crippen molar-refractivity contribution in [3.8, 4) is 21.8 Å². The van der Waals surface area contributed by atoms with Crippen LogP contribution in [0, 0.1) is 0 Å². The zero-order valence-corrected chi connectivity index (χ0v) is 13.0. The molecule has 0 unspecified atom stereocenters. The molecule has 3 rings (SSSR count). The highest BCUT2D eigenvalue weighted by atomic mass is 79.9. The lowest BCUT2D eigenvalue weighted by Crippen LogP contribution is -1.79. The molecule has 3 aromatic rings. The maximum atomic E-state index is 5.89. The van der Waals surface area contributed by atoms with Crippen molar-refractivity contribution in [2.45, 2.75) is 0 Å². The maximum absolute atomic E-state index is 5.89. The molecule has 0 fully saturated rings. The molecule has 0 saturated carbocycles. The van der Waals surface area contributed by atoms with Gasteiger partial charge in [0.2, 0.25) is 0 Å². The van der Waals surface area contributed by atoms with Gasteiger partial charge in [0.1, 0.15) is 5.01 Å². The van der Waals surface area contributed by atoms with Gasteiger partial charge in [0.25, 0.3) is 0 Å². The Kier molecular flexibility index (Phi) is 3.69. The predicted octanol–water partition coefficient (Wildman–Crippen LogP) is 5.89. The molecule has 0 amide bonds. The molecule has 0 N–H and O–H groups in total. The Morgan fingerprint density at radius 1 is 1.00 bits per heavy atom. The molecule has 1 heterocycles. The Bertz CT molecular complexity index is 706. The summed E-state index contributed by atoms with van der Waals surface area (Å²) < 4.78 is 1.06. The third-order valence-corrected chi connectivity index (χ3v) is 4.35. The minimum atomic E-state index is 0.742. The summed E-state index contributed by atoms with van der Waals surface area (Å²) >= 11 is 11.0. The van der Waals surface area contributed by atoms with Gasteiger partial charge in [-0.15, -0.1) is 11.3 Å². The van der Waals surface area contributed by atoms with E-state index in [0.717, 1.165) is 31.3 Å². The van der Waals surface area contributed by atoms with Crippen molar-refractivity contribution < 1.29 is 0 Å². The lowest BCUT2D eigenvalue weighted by molar-refractivity contribution is 1.40. The van der Waals surface area contributed by atoms with E-state index in [4.69, 9.17) is 11.6 Å². The lowest BCUT2D eigenvalue weighted by Gasteiger charge is -1.98. The van der Waals surface area contributed by atoms with Crippen LogP contribution in [0.2, 0.25) is 5.02 Å². The topological polar surface area (TPSA) is 12.9 Å². The molecule has 0 saturated heterocycles. The van der Waals surface area contributed by atoms with E-state index in [1.165, 1.54) is 0 Å². The summed E-state index contributed by atoms with van der Waals surface area (Å²) in [5, 5.41) is 3.83. The molecule has 4 heteroatoms. The summed E-state index contributed by atoms with van der Waals surface area (Å²) in [5.41, 5.74) is 3.19. The average molecular weight is 351 g/mol.